The normalized spacial score (nSPS) is 10.7. The molecular weight excluding hydrogens is 264 g/mol. The zero-order chi connectivity index (χ0) is 15.1. The number of nitro benzene ring substituents is 1. The average molecular weight is 282 g/mol. The second-order valence-corrected chi connectivity index (χ2v) is 4.73. The zero-order valence-electron chi connectivity index (χ0n) is 12.0. The van der Waals surface area contributed by atoms with Crippen molar-refractivity contribution in [3.8, 4) is 0 Å². The molecule has 0 aromatic heterocycles. The van der Waals surface area contributed by atoms with Crippen molar-refractivity contribution in [1.29, 1.82) is 0 Å². The van der Waals surface area contributed by atoms with Crippen LogP contribution in [0.2, 0.25) is 0 Å². The van der Waals surface area contributed by atoms with Gasteiger partial charge in [0.05, 0.1) is 4.92 Å². The van der Waals surface area contributed by atoms with Crippen molar-refractivity contribution in [1.82, 2.24) is 0 Å². The molecule has 2 aromatic carbocycles. The quantitative estimate of drug-likeness (QED) is 0.479. The Labute approximate surface area is 124 Å². The summed E-state index contributed by atoms with van der Waals surface area (Å²) in [6.07, 6.45) is 5.03. The summed E-state index contributed by atoms with van der Waals surface area (Å²) < 4.78 is 0. The topological polar surface area (TPSA) is 55.2 Å². The first-order valence-electron chi connectivity index (χ1n) is 6.95. The fraction of sp³-hybridized carbons (Fsp3) is 0.176. The molecule has 0 bridgehead atoms. The number of anilines is 1. The molecule has 0 atom stereocenters. The van der Waals surface area contributed by atoms with Gasteiger partial charge in [-0.05, 0) is 41.8 Å². The maximum Gasteiger partial charge on any atom is 0.269 e. The first-order valence-corrected chi connectivity index (χ1v) is 6.95. The first kappa shape index (κ1) is 14.8. The molecule has 0 saturated heterocycles. The maximum atomic E-state index is 10.6. The molecule has 21 heavy (non-hydrogen) atoms. The molecule has 4 nitrogen and oxygen atoms in total. The molecule has 2 rings (SSSR count). The molecule has 4 heteroatoms. The van der Waals surface area contributed by atoms with Crippen LogP contribution in [0.1, 0.15) is 24.5 Å². The van der Waals surface area contributed by atoms with E-state index in [1.54, 1.807) is 12.1 Å². The minimum absolute atomic E-state index is 0.110. The van der Waals surface area contributed by atoms with Crippen LogP contribution < -0.4 is 5.32 Å². The van der Waals surface area contributed by atoms with Gasteiger partial charge < -0.3 is 5.32 Å². The van der Waals surface area contributed by atoms with E-state index in [1.807, 2.05) is 36.4 Å². The second-order valence-electron chi connectivity index (χ2n) is 4.73. The van der Waals surface area contributed by atoms with Gasteiger partial charge in [0, 0.05) is 24.4 Å². The summed E-state index contributed by atoms with van der Waals surface area (Å²) in [7, 11) is 0. The highest BCUT2D eigenvalue weighted by Crippen LogP contribution is 2.15. The van der Waals surface area contributed by atoms with E-state index in [4.69, 9.17) is 0 Å². The lowest BCUT2D eigenvalue weighted by Crippen LogP contribution is -1.98. The van der Waals surface area contributed by atoms with Crippen LogP contribution in [0.5, 0.6) is 0 Å². The second kappa shape index (κ2) is 7.24. The predicted octanol–water partition coefficient (Wildman–Crippen LogP) is 4.59. The third-order valence-corrected chi connectivity index (χ3v) is 3.06. The van der Waals surface area contributed by atoms with Gasteiger partial charge in [-0.25, -0.2) is 0 Å². The Morgan fingerprint density at radius 2 is 1.52 bits per heavy atom. The summed E-state index contributed by atoms with van der Waals surface area (Å²) in [6, 6.07) is 14.7. The fourth-order valence-corrected chi connectivity index (χ4v) is 1.88. The summed E-state index contributed by atoms with van der Waals surface area (Å²) in [5.74, 6) is 0. The maximum absolute atomic E-state index is 10.6. The third-order valence-electron chi connectivity index (χ3n) is 3.06. The van der Waals surface area contributed by atoms with E-state index in [0.29, 0.717) is 0 Å². The number of hydrogen-bond acceptors (Lipinski definition) is 3. The van der Waals surface area contributed by atoms with Gasteiger partial charge in [-0.2, -0.15) is 0 Å². The van der Waals surface area contributed by atoms with Crippen LogP contribution in [0, 0.1) is 10.1 Å². The van der Waals surface area contributed by atoms with Gasteiger partial charge >= 0.3 is 0 Å². The molecule has 0 spiro atoms. The van der Waals surface area contributed by atoms with E-state index >= 15 is 0 Å². The van der Waals surface area contributed by atoms with Crippen LogP contribution in [0.25, 0.3) is 12.2 Å². The van der Waals surface area contributed by atoms with Gasteiger partial charge in [-0.15, -0.1) is 0 Å². The molecule has 0 saturated carbocycles. The van der Waals surface area contributed by atoms with Crippen LogP contribution in [0.15, 0.2) is 48.5 Å². The number of nitrogens with one attached hydrogen (secondary N) is 1. The summed E-state index contributed by atoms with van der Waals surface area (Å²) >= 11 is 0. The van der Waals surface area contributed by atoms with Crippen LogP contribution in [0.4, 0.5) is 11.4 Å². The SMILES string of the molecule is CCCNc1ccc(C=Cc2ccc([N+](=O)[O-])cc2)cc1. The van der Waals surface area contributed by atoms with Crippen molar-refractivity contribution in [2.75, 3.05) is 11.9 Å². The van der Waals surface area contributed by atoms with Crippen molar-refractivity contribution < 1.29 is 4.92 Å². The van der Waals surface area contributed by atoms with Crippen LogP contribution in [-0.4, -0.2) is 11.5 Å². The molecule has 0 aliphatic heterocycles. The van der Waals surface area contributed by atoms with Crippen LogP contribution in [0.3, 0.4) is 0 Å². The monoisotopic (exact) mass is 282 g/mol. The number of hydrogen-bond donors (Lipinski definition) is 1. The van der Waals surface area contributed by atoms with Gasteiger partial charge in [0.25, 0.3) is 5.69 Å². The first-order chi connectivity index (χ1) is 10.2. The number of rotatable bonds is 6. The molecule has 108 valence electrons. The minimum Gasteiger partial charge on any atom is -0.385 e. The van der Waals surface area contributed by atoms with Crippen molar-refractivity contribution in [3.05, 3.63) is 69.8 Å². The molecular formula is C17H18N2O2. The lowest BCUT2D eigenvalue weighted by Gasteiger charge is -2.04. The van der Waals surface area contributed by atoms with Crippen LogP contribution >= 0.6 is 0 Å². The molecule has 0 aliphatic carbocycles. The number of nitrogens with zero attached hydrogens (tertiary/aromatic N) is 1. The van der Waals surface area contributed by atoms with Gasteiger partial charge in [0.2, 0.25) is 0 Å². The third kappa shape index (κ3) is 4.45. The van der Waals surface area contributed by atoms with Gasteiger partial charge in [0.15, 0.2) is 0 Å². The smallest absolute Gasteiger partial charge is 0.269 e. The average Bonchev–Trinajstić information content (AvgIpc) is 2.52. The van der Waals surface area contributed by atoms with Crippen molar-refractivity contribution in [2.24, 2.45) is 0 Å². The Balaban J connectivity index is 2.01. The lowest BCUT2D eigenvalue weighted by molar-refractivity contribution is -0.384. The van der Waals surface area contributed by atoms with E-state index < -0.39 is 4.92 Å². The Bertz CT molecular complexity index is 616. The molecule has 0 unspecified atom stereocenters. The van der Waals surface area contributed by atoms with E-state index in [9.17, 15) is 10.1 Å². The van der Waals surface area contributed by atoms with E-state index in [-0.39, 0.29) is 5.69 Å². The molecule has 1 N–H and O–H groups in total. The summed E-state index contributed by atoms with van der Waals surface area (Å²) in [4.78, 5) is 10.2. The predicted molar refractivity (Wildman–Crippen MR) is 87.2 cm³/mol. The molecule has 0 aliphatic rings. The molecule has 0 radical (unpaired) electrons. The number of nitro groups is 1. The summed E-state index contributed by atoms with van der Waals surface area (Å²) in [6.45, 7) is 3.10. The molecule has 2 aromatic rings. The Hall–Kier alpha value is -2.62. The Morgan fingerprint density at radius 3 is 2.00 bits per heavy atom. The van der Waals surface area contributed by atoms with Gasteiger partial charge in [0.1, 0.15) is 0 Å². The molecule has 0 heterocycles. The number of benzene rings is 2. The Morgan fingerprint density at radius 1 is 1.00 bits per heavy atom. The number of non-ortho nitro benzene ring substituents is 1. The zero-order valence-corrected chi connectivity index (χ0v) is 12.0. The Kier molecular flexibility index (Phi) is 5.10. The van der Waals surface area contributed by atoms with Crippen LogP contribution in [-0.2, 0) is 0 Å². The van der Waals surface area contributed by atoms with E-state index in [1.165, 1.54) is 12.1 Å². The molecule has 0 amide bonds. The largest absolute Gasteiger partial charge is 0.385 e. The highest BCUT2D eigenvalue weighted by molar-refractivity contribution is 5.70. The standard InChI is InChI=1S/C17H18N2O2/c1-2-13-18-16-9-5-14(6-10-16)3-4-15-7-11-17(12-8-15)19(20)21/h3-12,18H,2,13H2,1H3. The van der Waals surface area contributed by atoms with E-state index in [2.05, 4.69) is 12.2 Å². The lowest BCUT2D eigenvalue weighted by atomic mass is 10.1. The highest BCUT2D eigenvalue weighted by Gasteiger charge is 2.02. The van der Waals surface area contributed by atoms with Crippen molar-refractivity contribution >= 4 is 23.5 Å². The van der Waals surface area contributed by atoms with Crippen molar-refractivity contribution in [3.63, 3.8) is 0 Å². The molecule has 0 fully saturated rings. The van der Waals surface area contributed by atoms with Crippen molar-refractivity contribution in [2.45, 2.75) is 13.3 Å². The minimum atomic E-state index is -0.393. The summed E-state index contributed by atoms with van der Waals surface area (Å²) in [5.41, 5.74) is 3.26. The van der Waals surface area contributed by atoms with Gasteiger partial charge in [-0.3, -0.25) is 10.1 Å². The summed E-state index contributed by atoms with van der Waals surface area (Å²) in [5, 5.41) is 13.9. The van der Waals surface area contributed by atoms with E-state index in [0.717, 1.165) is 29.8 Å². The fourth-order valence-electron chi connectivity index (χ4n) is 1.88. The highest BCUT2D eigenvalue weighted by atomic mass is 16.6. The van der Waals surface area contributed by atoms with Gasteiger partial charge in [-0.1, -0.05) is 31.2 Å².